The number of pyridine rings is 1. The zero-order valence-corrected chi connectivity index (χ0v) is 15.9. The smallest absolute Gasteiger partial charge is 0.203 e. The second-order valence-electron chi connectivity index (χ2n) is 5.70. The second kappa shape index (κ2) is 9.16. The Hall–Kier alpha value is -3.89. The fourth-order valence-electron chi connectivity index (χ4n) is 2.63. The predicted octanol–water partition coefficient (Wildman–Crippen LogP) is 4.22. The molecule has 28 heavy (non-hydrogen) atoms. The van der Waals surface area contributed by atoms with Gasteiger partial charge in [0.2, 0.25) is 5.75 Å². The summed E-state index contributed by atoms with van der Waals surface area (Å²) in [6.45, 7) is 0. The number of nitrogens with zero attached hydrogens (tertiary/aromatic N) is 1. The topological polar surface area (TPSA) is 40.6 Å². The molecule has 0 unspecified atom stereocenters. The Morgan fingerprint density at radius 2 is 1.43 bits per heavy atom. The molecule has 4 nitrogen and oxygen atoms in total. The van der Waals surface area contributed by atoms with Crippen LogP contribution in [0.3, 0.4) is 0 Å². The van der Waals surface area contributed by atoms with Crippen molar-refractivity contribution in [3.05, 3.63) is 71.9 Å². The highest BCUT2D eigenvalue weighted by Gasteiger charge is 2.11. The molecule has 0 spiro atoms. The molecule has 0 saturated carbocycles. The number of fused-ring (bicyclic) bond motifs is 1. The van der Waals surface area contributed by atoms with Crippen molar-refractivity contribution in [2.24, 2.45) is 0 Å². The van der Waals surface area contributed by atoms with Gasteiger partial charge in [0.1, 0.15) is 0 Å². The quantitative estimate of drug-likeness (QED) is 0.648. The average Bonchev–Trinajstić information content (AvgIpc) is 2.75. The molecule has 4 heteroatoms. The van der Waals surface area contributed by atoms with E-state index in [1.54, 1.807) is 51.8 Å². The molecule has 1 heterocycles. The summed E-state index contributed by atoms with van der Waals surface area (Å²) in [4.78, 5) is 4.39. The molecular weight excluding hydrogens is 350 g/mol. The summed E-state index contributed by atoms with van der Waals surface area (Å²) in [7, 11) is 4.72. The molecule has 0 amide bonds. The Morgan fingerprint density at radius 1 is 0.786 bits per heavy atom. The molecule has 1 aromatic heterocycles. The zero-order valence-electron chi connectivity index (χ0n) is 15.9. The lowest BCUT2D eigenvalue weighted by Gasteiger charge is -2.12. The molecule has 3 aromatic rings. The summed E-state index contributed by atoms with van der Waals surface area (Å²) in [5.74, 6) is 13.7. The first-order valence-corrected chi connectivity index (χ1v) is 8.58. The molecule has 3 rings (SSSR count). The van der Waals surface area contributed by atoms with E-state index in [0.29, 0.717) is 17.2 Å². The van der Waals surface area contributed by atoms with Gasteiger partial charge in [0, 0.05) is 22.7 Å². The van der Waals surface area contributed by atoms with Crippen LogP contribution < -0.4 is 14.2 Å². The molecule has 138 valence electrons. The Labute approximate surface area is 164 Å². The monoisotopic (exact) mass is 369 g/mol. The van der Waals surface area contributed by atoms with Gasteiger partial charge in [-0.2, -0.15) is 0 Å². The van der Waals surface area contributed by atoms with Crippen LogP contribution >= 0.6 is 0 Å². The summed E-state index contributed by atoms with van der Waals surface area (Å²) in [6.07, 6.45) is 5.18. The Balaban J connectivity index is 1.74. The first-order valence-electron chi connectivity index (χ1n) is 8.58. The van der Waals surface area contributed by atoms with Gasteiger partial charge < -0.3 is 14.2 Å². The Morgan fingerprint density at radius 3 is 2.07 bits per heavy atom. The van der Waals surface area contributed by atoms with Crippen LogP contribution in [0.1, 0.15) is 11.1 Å². The lowest BCUT2D eigenvalue weighted by molar-refractivity contribution is 0.324. The van der Waals surface area contributed by atoms with E-state index in [-0.39, 0.29) is 0 Å². The van der Waals surface area contributed by atoms with E-state index in [1.807, 2.05) is 30.3 Å². The van der Waals surface area contributed by atoms with Gasteiger partial charge in [-0.3, -0.25) is 4.98 Å². The first-order chi connectivity index (χ1) is 13.7. The van der Waals surface area contributed by atoms with Crippen molar-refractivity contribution in [1.29, 1.82) is 0 Å². The molecule has 0 fully saturated rings. The standard InChI is InChI=1S/C24H19NO3/c1-26-22-15-18(16-23(27-2)24(22)28-3)10-6-4-5-7-11-19-14-20-12-8-9-13-21(20)25-17-19/h4-5,8-9,12-17H,1-3H3/b5-4-. The van der Waals surface area contributed by atoms with Gasteiger partial charge in [-0.15, -0.1) is 0 Å². The fraction of sp³-hybridized carbons (Fsp3) is 0.125. The molecule has 0 saturated heterocycles. The molecule has 0 bridgehead atoms. The maximum atomic E-state index is 5.32. The van der Waals surface area contributed by atoms with Gasteiger partial charge in [-0.25, -0.2) is 0 Å². The second-order valence-corrected chi connectivity index (χ2v) is 5.70. The maximum absolute atomic E-state index is 5.32. The van der Waals surface area contributed by atoms with E-state index in [9.17, 15) is 0 Å². The van der Waals surface area contributed by atoms with Gasteiger partial charge in [0.15, 0.2) is 11.5 Å². The molecule has 0 aliphatic rings. The number of benzene rings is 2. The molecule has 0 radical (unpaired) electrons. The highest BCUT2D eigenvalue weighted by atomic mass is 16.5. The normalized spacial score (nSPS) is 9.96. The zero-order chi connectivity index (χ0) is 19.8. The summed E-state index contributed by atoms with van der Waals surface area (Å²) in [5.41, 5.74) is 2.58. The van der Waals surface area contributed by atoms with Crippen molar-refractivity contribution in [2.45, 2.75) is 0 Å². The predicted molar refractivity (Wildman–Crippen MR) is 111 cm³/mol. The minimum absolute atomic E-state index is 0.543. The third-order valence-electron chi connectivity index (χ3n) is 3.94. The van der Waals surface area contributed by atoms with Gasteiger partial charge >= 0.3 is 0 Å². The molecule has 0 aliphatic heterocycles. The molecular formula is C24H19NO3. The van der Waals surface area contributed by atoms with Crippen LogP contribution in [0.25, 0.3) is 10.9 Å². The number of hydrogen-bond donors (Lipinski definition) is 0. The van der Waals surface area contributed by atoms with Crippen LogP contribution in [0.5, 0.6) is 17.2 Å². The third-order valence-corrected chi connectivity index (χ3v) is 3.94. The average molecular weight is 369 g/mol. The number of allylic oxidation sites excluding steroid dienone is 2. The summed E-state index contributed by atoms with van der Waals surface area (Å²) < 4.78 is 16.0. The van der Waals surface area contributed by atoms with Gasteiger partial charge in [0.25, 0.3) is 0 Å². The molecule has 0 atom stereocenters. The van der Waals surface area contributed by atoms with Gasteiger partial charge in [0.05, 0.1) is 26.8 Å². The summed E-state index contributed by atoms with van der Waals surface area (Å²) in [6, 6.07) is 13.6. The minimum Gasteiger partial charge on any atom is -0.493 e. The largest absolute Gasteiger partial charge is 0.493 e. The maximum Gasteiger partial charge on any atom is 0.203 e. The SMILES string of the molecule is COc1cc(C#C/C=C\C#Cc2cnc3ccccc3c2)cc(OC)c1OC. The van der Waals surface area contributed by atoms with Gasteiger partial charge in [-0.1, -0.05) is 41.9 Å². The van der Waals surface area contributed by atoms with Gasteiger partial charge in [-0.05, 0) is 36.4 Å². The summed E-state index contributed by atoms with van der Waals surface area (Å²) in [5, 5.41) is 1.07. The summed E-state index contributed by atoms with van der Waals surface area (Å²) >= 11 is 0. The number of para-hydroxylation sites is 1. The van der Waals surface area contributed by atoms with Crippen LogP contribution in [-0.4, -0.2) is 26.3 Å². The number of ether oxygens (including phenoxy) is 3. The van der Waals surface area contributed by atoms with Crippen molar-refractivity contribution >= 4 is 10.9 Å². The Kier molecular flexibility index (Phi) is 6.18. The minimum atomic E-state index is 0.543. The van der Waals surface area contributed by atoms with Crippen molar-refractivity contribution in [3.8, 4) is 40.9 Å². The number of rotatable bonds is 3. The van der Waals surface area contributed by atoms with E-state index in [1.165, 1.54) is 0 Å². The van der Waals surface area contributed by atoms with Crippen molar-refractivity contribution < 1.29 is 14.2 Å². The van der Waals surface area contributed by atoms with Crippen LogP contribution in [0.2, 0.25) is 0 Å². The Bertz CT molecular complexity index is 1120. The molecule has 0 aliphatic carbocycles. The highest BCUT2D eigenvalue weighted by molar-refractivity contribution is 5.79. The van der Waals surface area contributed by atoms with Crippen LogP contribution in [0, 0.1) is 23.7 Å². The number of aromatic nitrogens is 1. The van der Waals surface area contributed by atoms with E-state index in [4.69, 9.17) is 14.2 Å². The van der Waals surface area contributed by atoms with Crippen molar-refractivity contribution in [2.75, 3.05) is 21.3 Å². The van der Waals surface area contributed by atoms with E-state index >= 15 is 0 Å². The van der Waals surface area contributed by atoms with Crippen LogP contribution in [0.4, 0.5) is 0 Å². The van der Waals surface area contributed by atoms with E-state index in [0.717, 1.165) is 22.0 Å². The number of methoxy groups -OCH3 is 3. The van der Waals surface area contributed by atoms with Crippen LogP contribution in [-0.2, 0) is 0 Å². The lowest BCUT2D eigenvalue weighted by Crippen LogP contribution is -1.95. The fourth-order valence-corrected chi connectivity index (χ4v) is 2.63. The lowest BCUT2D eigenvalue weighted by atomic mass is 10.1. The van der Waals surface area contributed by atoms with E-state index in [2.05, 4.69) is 28.7 Å². The van der Waals surface area contributed by atoms with Crippen molar-refractivity contribution in [1.82, 2.24) is 4.98 Å². The third kappa shape index (κ3) is 4.44. The number of hydrogen-bond acceptors (Lipinski definition) is 4. The highest BCUT2D eigenvalue weighted by Crippen LogP contribution is 2.37. The molecule has 2 aromatic carbocycles. The molecule has 0 N–H and O–H groups in total. The first kappa shape index (κ1) is 18.9. The van der Waals surface area contributed by atoms with E-state index < -0.39 is 0 Å². The van der Waals surface area contributed by atoms with Crippen LogP contribution in [0.15, 0.2) is 60.8 Å². The van der Waals surface area contributed by atoms with Crippen molar-refractivity contribution in [3.63, 3.8) is 0 Å².